The van der Waals surface area contributed by atoms with Crippen molar-refractivity contribution >= 4 is 44.8 Å². The molecule has 0 atom stereocenters. The summed E-state index contributed by atoms with van der Waals surface area (Å²) in [6.07, 6.45) is 0.750. The zero-order valence-corrected chi connectivity index (χ0v) is 15.2. The van der Waals surface area contributed by atoms with Crippen LogP contribution in [0.2, 0.25) is 10.0 Å². The molecule has 0 aromatic heterocycles. The number of hydrogen-bond acceptors (Lipinski definition) is 3. The van der Waals surface area contributed by atoms with Crippen molar-refractivity contribution in [2.75, 3.05) is 11.9 Å². The van der Waals surface area contributed by atoms with Crippen LogP contribution in [0, 0.1) is 0 Å². The van der Waals surface area contributed by atoms with E-state index >= 15 is 0 Å². The van der Waals surface area contributed by atoms with Crippen molar-refractivity contribution in [3.63, 3.8) is 0 Å². The van der Waals surface area contributed by atoms with Crippen molar-refractivity contribution in [2.45, 2.75) is 18.2 Å². The molecule has 2 N–H and O–H groups in total. The number of para-hydroxylation sites is 1. The topological polar surface area (TPSA) is 75.3 Å². The molecule has 0 aliphatic carbocycles. The lowest BCUT2D eigenvalue weighted by molar-refractivity contribution is -0.115. The smallest absolute Gasteiger partial charge is 0.242 e. The number of aryl methyl sites for hydroxylation is 1. The average molecular weight is 387 g/mol. The van der Waals surface area contributed by atoms with Gasteiger partial charge in [-0.15, -0.1) is 0 Å². The highest BCUT2D eigenvalue weighted by Crippen LogP contribution is 2.28. The van der Waals surface area contributed by atoms with Crippen LogP contribution in [0.4, 0.5) is 5.69 Å². The maximum absolute atomic E-state index is 12.3. The molecule has 2 aromatic carbocycles. The van der Waals surface area contributed by atoms with Crippen molar-refractivity contribution in [2.24, 2.45) is 0 Å². The first-order valence-electron chi connectivity index (χ1n) is 7.16. The Morgan fingerprint density at radius 3 is 2.50 bits per heavy atom. The normalized spacial score (nSPS) is 11.3. The molecule has 2 aromatic rings. The third kappa shape index (κ3) is 4.48. The Morgan fingerprint density at radius 1 is 1.08 bits per heavy atom. The van der Waals surface area contributed by atoms with Crippen LogP contribution in [0.25, 0.3) is 0 Å². The number of anilines is 1. The van der Waals surface area contributed by atoms with Crippen LogP contribution in [-0.2, 0) is 21.2 Å². The summed E-state index contributed by atoms with van der Waals surface area (Å²) in [4.78, 5) is 11.8. The number of benzene rings is 2. The molecular weight excluding hydrogens is 371 g/mol. The maximum Gasteiger partial charge on any atom is 0.242 e. The molecule has 24 heavy (non-hydrogen) atoms. The summed E-state index contributed by atoms with van der Waals surface area (Å²) in [5, 5.41) is 2.73. The van der Waals surface area contributed by atoms with Gasteiger partial charge in [-0.3, -0.25) is 4.79 Å². The van der Waals surface area contributed by atoms with Gasteiger partial charge in [0.2, 0.25) is 15.9 Å². The van der Waals surface area contributed by atoms with E-state index in [2.05, 4.69) is 10.0 Å². The molecule has 1 amide bonds. The van der Waals surface area contributed by atoms with E-state index in [1.54, 1.807) is 12.1 Å². The van der Waals surface area contributed by atoms with Gasteiger partial charge in [-0.2, -0.15) is 0 Å². The predicted molar refractivity (Wildman–Crippen MR) is 96.1 cm³/mol. The van der Waals surface area contributed by atoms with E-state index in [0.717, 1.165) is 12.0 Å². The summed E-state index contributed by atoms with van der Waals surface area (Å²) in [7, 11) is -3.94. The Morgan fingerprint density at radius 2 is 1.79 bits per heavy atom. The Balaban J connectivity index is 2.07. The minimum Gasteiger partial charge on any atom is -0.325 e. The molecule has 8 heteroatoms. The fourth-order valence-electron chi connectivity index (χ4n) is 2.07. The molecule has 5 nitrogen and oxygen atoms in total. The van der Waals surface area contributed by atoms with Crippen molar-refractivity contribution in [3.8, 4) is 0 Å². The van der Waals surface area contributed by atoms with Crippen molar-refractivity contribution in [1.29, 1.82) is 0 Å². The second-order valence-electron chi connectivity index (χ2n) is 4.94. The fourth-order valence-corrected chi connectivity index (χ4v) is 3.82. The minimum atomic E-state index is -3.94. The lowest BCUT2D eigenvalue weighted by atomic mass is 10.1. The van der Waals surface area contributed by atoms with Gasteiger partial charge in [0.25, 0.3) is 0 Å². The summed E-state index contributed by atoms with van der Waals surface area (Å²) in [6.45, 7) is 1.55. The van der Waals surface area contributed by atoms with Gasteiger partial charge in [0.15, 0.2) is 0 Å². The zero-order chi connectivity index (χ0) is 17.7. The van der Waals surface area contributed by atoms with Crippen LogP contribution >= 0.6 is 23.2 Å². The molecule has 0 saturated heterocycles. The monoisotopic (exact) mass is 386 g/mol. The lowest BCUT2D eigenvalue weighted by Gasteiger charge is -2.11. The van der Waals surface area contributed by atoms with Crippen LogP contribution in [0.5, 0.6) is 0 Å². The quantitative estimate of drug-likeness (QED) is 0.797. The summed E-state index contributed by atoms with van der Waals surface area (Å²) in [6, 6.07) is 11.6. The van der Waals surface area contributed by atoms with Gasteiger partial charge in [0.05, 0.1) is 16.6 Å². The molecule has 0 unspecified atom stereocenters. The van der Waals surface area contributed by atoms with E-state index in [9.17, 15) is 13.2 Å². The number of sulfonamides is 1. The van der Waals surface area contributed by atoms with Gasteiger partial charge in [0, 0.05) is 5.69 Å². The van der Waals surface area contributed by atoms with Crippen LogP contribution in [0.1, 0.15) is 12.5 Å². The summed E-state index contributed by atoms with van der Waals surface area (Å²) < 4.78 is 26.7. The number of carbonyl (C=O) groups is 1. The molecule has 0 aliphatic heterocycles. The average Bonchev–Trinajstić information content (AvgIpc) is 2.56. The Hall–Kier alpha value is -1.60. The van der Waals surface area contributed by atoms with E-state index in [4.69, 9.17) is 23.2 Å². The molecular formula is C16H16Cl2N2O3S. The number of nitrogens with one attached hydrogen (secondary N) is 2. The van der Waals surface area contributed by atoms with E-state index in [1.165, 1.54) is 18.2 Å². The van der Waals surface area contributed by atoms with Gasteiger partial charge >= 0.3 is 0 Å². The molecule has 0 bridgehead atoms. The Labute approximate surface area is 151 Å². The summed E-state index contributed by atoms with van der Waals surface area (Å²) >= 11 is 11.7. The standard InChI is InChI=1S/C16H16Cl2N2O3S/c1-2-11-6-3-4-8-13(11)20-15(21)10-19-24(22,23)14-9-5-7-12(17)16(14)18/h3-9,19H,2,10H2,1H3,(H,20,21). The zero-order valence-electron chi connectivity index (χ0n) is 12.8. The highest BCUT2D eigenvalue weighted by Gasteiger charge is 2.20. The molecule has 0 fully saturated rings. The SMILES string of the molecule is CCc1ccccc1NC(=O)CNS(=O)(=O)c1cccc(Cl)c1Cl. The predicted octanol–water partition coefficient (Wildman–Crippen LogP) is 3.47. The van der Waals surface area contributed by atoms with E-state index in [-0.39, 0.29) is 14.9 Å². The Kier molecular flexibility index (Phi) is 6.23. The van der Waals surface area contributed by atoms with Crippen molar-refractivity contribution in [1.82, 2.24) is 4.72 Å². The summed E-state index contributed by atoms with van der Waals surface area (Å²) in [5.41, 5.74) is 1.62. The number of carbonyl (C=O) groups excluding carboxylic acids is 1. The van der Waals surface area contributed by atoms with Gasteiger partial charge < -0.3 is 5.32 Å². The number of amides is 1. The van der Waals surface area contributed by atoms with Gasteiger partial charge in [0.1, 0.15) is 4.90 Å². The Bertz CT molecular complexity index is 854. The van der Waals surface area contributed by atoms with E-state index in [0.29, 0.717) is 5.69 Å². The molecule has 0 aliphatic rings. The highest BCUT2D eigenvalue weighted by atomic mass is 35.5. The van der Waals surface area contributed by atoms with E-state index < -0.39 is 22.5 Å². The molecule has 128 valence electrons. The van der Waals surface area contributed by atoms with Gasteiger partial charge in [-0.1, -0.05) is 54.4 Å². The first kappa shape index (κ1) is 18.7. The summed E-state index contributed by atoms with van der Waals surface area (Å²) in [5.74, 6) is -0.474. The molecule has 0 saturated carbocycles. The molecule has 0 heterocycles. The first-order valence-corrected chi connectivity index (χ1v) is 9.40. The van der Waals surface area contributed by atoms with Gasteiger partial charge in [-0.05, 0) is 30.2 Å². The first-order chi connectivity index (χ1) is 11.3. The third-order valence-electron chi connectivity index (χ3n) is 3.30. The maximum atomic E-state index is 12.3. The van der Waals surface area contributed by atoms with Crippen LogP contribution in [0.3, 0.4) is 0 Å². The largest absolute Gasteiger partial charge is 0.325 e. The van der Waals surface area contributed by atoms with Crippen LogP contribution in [-0.4, -0.2) is 20.9 Å². The van der Waals surface area contributed by atoms with Gasteiger partial charge in [-0.25, -0.2) is 13.1 Å². The second kappa shape index (κ2) is 7.98. The number of rotatable bonds is 6. The third-order valence-corrected chi connectivity index (χ3v) is 5.68. The van der Waals surface area contributed by atoms with Crippen LogP contribution < -0.4 is 10.0 Å². The van der Waals surface area contributed by atoms with E-state index in [1.807, 2.05) is 19.1 Å². The second-order valence-corrected chi connectivity index (χ2v) is 7.46. The molecule has 0 spiro atoms. The minimum absolute atomic E-state index is 0.0802. The number of halogens is 2. The van der Waals surface area contributed by atoms with Crippen molar-refractivity contribution < 1.29 is 13.2 Å². The van der Waals surface area contributed by atoms with Crippen molar-refractivity contribution in [3.05, 3.63) is 58.1 Å². The highest BCUT2D eigenvalue weighted by molar-refractivity contribution is 7.89. The molecule has 0 radical (unpaired) electrons. The fraction of sp³-hybridized carbons (Fsp3) is 0.188. The number of hydrogen-bond donors (Lipinski definition) is 2. The van der Waals surface area contributed by atoms with Crippen LogP contribution in [0.15, 0.2) is 47.4 Å². The lowest BCUT2D eigenvalue weighted by Crippen LogP contribution is -2.33. The molecule has 2 rings (SSSR count).